The van der Waals surface area contributed by atoms with E-state index in [9.17, 15) is 33.2 Å². The van der Waals surface area contributed by atoms with E-state index in [0.29, 0.717) is 19.4 Å². The largest absolute Gasteiger partial charge is 0.483 e. The van der Waals surface area contributed by atoms with Gasteiger partial charge in [-0.15, -0.1) is 0 Å². The number of rotatable bonds is 13. The molecule has 1 aliphatic carbocycles. The van der Waals surface area contributed by atoms with Crippen LogP contribution in [0.1, 0.15) is 68.4 Å². The van der Waals surface area contributed by atoms with Crippen LogP contribution < -0.4 is 15.4 Å². The van der Waals surface area contributed by atoms with Crippen molar-refractivity contribution in [2.75, 3.05) is 52.5 Å². The first-order valence-electron chi connectivity index (χ1n) is 17.5. The van der Waals surface area contributed by atoms with Crippen LogP contribution in [0, 0.1) is 12.7 Å². The van der Waals surface area contributed by atoms with Gasteiger partial charge in [-0.2, -0.15) is 0 Å². The third kappa shape index (κ3) is 9.41. The number of ether oxygens (including phenoxy) is 3. The summed E-state index contributed by atoms with van der Waals surface area (Å²) in [7, 11) is 0. The normalized spacial score (nSPS) is 17.9. The molecule has 3 fully saturated rings. The van der Waals surface area contributed by atoms with E-state index >= 15 is 0 Å². The zero-order valence-corrected chi connectivity index (χ0v) is 29.2. The molecule has 2 atom stereocenters. The van der Waals surface area contributed by atoms with Crippen LogP contribution >= 0.6 is 0 Å². The Kier molecular flexibility index (Phi) is 12.3. The highest BCUT2D eigenvalue weighted by Crippen LogP contribution is 2.29. The highest BCUT2D eigenvalue weighted by molar-refractivity contribution is 5.99. The van der Waals surface area contributed by atoms with Crippen molar-refractivity contribution in [2.24, 2.45) is 0 Å². The van der Waals surface area contributed by atoms with Gasteiger partial charge in [0.1, 0.15) is 29.3 Å². The summed E-state index contributed by atoms with van der Waals surface area (Å²) in [5, 5.41) is 5.86. The molecule has 1 saturated carbocycles. The molecule has 16 heteroatoms. The molecule has 3 heterocycles. The van der Waals surface area contributed by atoms with Gasteiger partial charge in [0.2, 0.25) is 11.8 Å². The Bertz CT molecular complexity index is 1660. The van der Waals surface area contributed by atoms with Crippen LogP contribution in [0.15, 0.2) is 18.2 Å². The Morgan fingerprint density at radius 2 is 1.65 bits per heavy atom. The number of hydrogen-bond donors (Lipinski definition) is 2. The second-order valence-electron chi connectivity index (χ2n) is 12.8. The first-order valence-corrected chi connectivity index (χ1v) is 17.5. The SMILES string of the molecule is CCOC(=O)CCC(NC(=O)c1cc(OCC(=O)N2CCCC2C(=O)NC2CC2)c2cc(F)c(C)cc2n1)C(=O)N1CCN(C(=O)OCC)CC1. The fourth-order valence-corrected chi connectivity index (χ4v) is 6.17. The first kappa shape index (κ1) is 37.2. The van der Waals surface area contributed by atoms with Gasteiger partial charge in [0.15, 0.2) is 6.61 Å². The monoisotopic (exact) mass is 712 g/mol. The van der Waals surface area contributed by atoms with Gasteiger partial charge in [-0.1, -0.05) is 0 Å². The molecule has 0 radical (unpaired) electrons. The molecular weight excluding hydrogens is 667 g/mol. The molecule has 2 unspecified atom stereocenters. The summed E-state index contributed by atoms with van der Waals surface area (Å²) in [5.74, 6) is -2.91. The lowest BCUT2D eigenvalue weighted by Crippen LogP contribution is -2.56. The topological polar surface area (TPSA) is 177 Å². The maximum Gasteiger partial charge on any atom is 0.409 e. The minimum Gasteiger partial charge on any atom is -0.483 e. The molecule has 276 valence electrons. The molecule has 2 saturated heterocycles. The van der Waals surface area contributed by atoms with Gasteiger partial charge in [-0.3, -0.25) is 24.0 Å². The highest BCUT2D eigenvalue weighted by Gasteiger charge is 2.37. The summed E-state index contributed by atoms with van der Waals surface area (Å²) in [6.07, 6.45) is 2.35. The molecule has 51 heavy (non-hydrogen) atoms. The lowest BCUT2D eigenvalue weighted by molar-refractivity contribution is -0.143. The van der Waals surface area contributed by atoms with Crippen LogP contribution in [0.2, 0.25) is 0 Å². The number of likely N-dealkylation sites (tertiary alicyclic amines) is 1. The van der Waals surface area contributed by atoms with Gasteiger partial charge >= 0.3 is 12.1 Å². The maximum absolute atomic E-state index is 14.7. The van der Waals surface area contributed by atoms with Crippen LogP contribution in [-0.2, 0) is 28.7 Å². The number of esters is 1. The van der Waals surface area contributed by atoms with Gasteiger partial charge in [-0.25, -0.2) is 14.2 Å². The number of fused-ring (bicyclic) bond motifs is 1. The predicted molar refractivity (Wildman–Crippen MR) is 180 cm³/mol. The zero-order valence-electron chi connectivity index (χ0n) is 29.2. The standard InChI is InChI=1S/C35H45FN6O9/c1-4-49-31(44)11-10-25(34(47)40-13-15-41(16-14-40)35(48)50-5-2)39-32(45)27-19-29(23-18-24(36)21(3)17-26(23)38-27)51-20-30(43)42-12-6-7-28(42)33(46)37-22-8-9-22/h17-19,22,25,28H,4-16,20H2,1-3H3,(H,37,46)(H,39,45). The maximum atomic E-state index is 14.7. The van der Waals surface area contributed by atoms with Crippen molar-refractivity contribution in [3.8, 4) is 5.75 Å². The predicted octanol–water partition coefficient (Wildman–Crippen LogP) is 2.07. The summed E-state index contributed by atoms with van der Waals surface area (Å²) in [4.78, 5) is 86.8. The van der Waals surface area contributed by atoms with E-state index in [2.05, 4.69) is 15.6 Å². The lowest BCUT2D eigenvalue weighted by Gasteiger charge is -2.36. The molecule has 0 bridgehead atoms. The van der Waals surface area contributed by atoms with E-state index in [4.69, 9.17) is 14.2 Å². The molecule has 15 nitrogen and oxygen atoms in total. The Labute approximate surface area is 295 Å². The van der Waals surface area contributed by atoms with E-state index in [0.717, 1.165) is 12.8 Å². The van der Waals surface area contributed by atoms with Crippen LogP contribution in [0.3, 0.4) is 0 Å². The molecular formula is C35H45FN6O9. The van der Waals surface area contributed by atoms with E-state index in [1.165, 1.54) is 32.9 Å². The molecule has 5 amide bonds. The number of halogens is 1. The number of piperazine rings is 1. The van der Waals surface area contributed by atoms with Crippen molar-refractivity contribution in [1.82, 2.24) is 30.3 Å². The Hall–Kier alpha value is -5.02. The number of amides is 5. The van der Waals surface area contributed by atoms with Gasteiger partial charge in [0, 0.05) is 56.6 Å². The average Bonchev–Trinajstić information content (AvgIpc) is 3.79. The molecule has 5 rings (SSSR count). The first-order chi connectivity index (χ1) is 24.5. The minimum absolute atomic E-state index is 0.0140. The van der Waals surface area contributed by atoms with Crippen LogP contribution in [-0.4, -0.2) is 126 Å². The number of aryl methyl sites for hydroxylation is 1. The van der Waals surface area contributed by atoms with E-state index in [1.54, 1.807) is 20.8 Å². The third-order valence-electron chi connectivity index (χ3n) is 9.10. The van der Waals surface area contributed by atoms with Gasteiger partial charge in [0.05, 0.1) is 18.7 Å². The zero-order chi connectivity index (χ0) is 36.7. The molecule has 2 N–H and O–H groups in total. The average molecular weight is 713 g/mol. The number of aromatic nitrogens is 1. The lowest BCUT2D eigenvalue weighted by atomic mass is 10.1. The highest BCUT2D eigenvalue weighted by atomic mass is 19.1. The van der Waals surface area contributed by atoms with Crippen LogP contribution in [0.5, 0.6) is 5.75 Å². The molecule has 3 aliphatic rings. The number of nitrogens with one attached hydrogen (secondary N) is 2. The smallest absolute Gasteiger partial charge is 0.409 e. The molecule has 1 aromatic heterocycles. The van der Waals surface area contributed by atoms with Crippen molar-refractivity contribution in [3.63, 3.8) is 0 Å². The summed E-state index contributed by atoms with van der Waals surface area (Å²) in [6, 6.07) is 2.33. The number of benzene rings is 1. The van der Waals surface area contributed by atoms with Crippen molar-refractivity contribution >= 4 is 46.6 Å². The quantitative estimate of drug-likeness (QED) is 0.293. The number of nitrogens with zero attached hydrogens (tertiary/aromatic N) is 4. The Morgan fingerprint density at radius 3 is 2.33 bits per heavy atom. The molecule has 2 aliphatic heterocycles. The number of carbonyl (C=O) groups excluding carboxylic acids is 6. The van der Waals surface area contributed by atoms with Crippen molar-refractivity contribution in [3.05, 3.63) is 35.3 Å². The van der Waals surface area contributed by atoms with E-state index < -0.39 is 54.3 Å². The van der Waals surface area contributed by atoms with Gasteiger partial charge in [0.25, 0.3) is 11.8 Å². The van der Waals surface area contributed by atoms with Crippen LogP contribution in [0.25, 0.3) is 10.9 Å². The minimum atomic E-state index is -1.15. The van der Waals surface area contributed by atoms with Crippen molar-refractivity contribution < 1.29 is 47.4 Å². The second kappa shape index (κ2) is 16.8. The summed E-state index contributed by atoms with van der Waals surface area (Å²) < 4.78 is 30.7. The number of hydrogen-bond acceptors (Lipinski definition) is 10. The summed E-state index contributed by atoms with van der Waals surface area (Å²) in [5.41, 5.74) is 0.317. The summed E-state index contributed by atoms with van der Waals surface area (Å²) >= 11 is 0. The second-order valence-corrected chi connectivity index (χ2v) is 12.8. The van der Waals surface area contributed by atoms with Gasteiger partial charge in [-0.05, 0) is 70.6 Å². The van der Waals surface area contributed by atoms with Crippen molar-refractivity contribution in [1.29, 1.82) is 0 Å². The fraction of sp³-hybridized carbons (Fsp3) is 0.571. The number of pyridine rings is 1. The number of carbonyl (C=O) groups is 6. The summed E-state index contributed by atoms with van der Waals surface area (Å²) in [6.45, 7) is 6.03. The van der Waals surface area contributed by atoms with E-state index in [1.807, 2.05) is 0 Å². The Morgan fingerprint density at radius 1 is 0.941 bits per heavy atom. The van der Waals surface area contributed by atoms with E-state index in [-0.39, 0.29) is 92.1 Å². The Balaban J connectivity index is 1.33. The van der Waals surface area contributed by atoms with Crippen LogP contribution in [0.4, 0.5) is 9.18 Å². The fourth-order valence-electron chi connectivity index (χ4n) is 6.17. The van der Waals surface area contributed by atoms with Crippen molar-refractivity contribution in [2.45, 2.75) is 77.4 Å². The molecule has 2 aromatic rings. The molecule has 0 spiro atoms. The van der Waals surface area contributed by atoms with Gasteiger partial charge < -0.3 is 39.5 Å². The third-order valence-corrected chi connectivity index (χ3v) is 9.10. The molecule has 1 aromatic carbocycles.